The molecule has 0 saturated heterocycles. The molecule has 0 amide bonds. The molecule has 0 aromatic rings. The lowest BCUT2D eigenvalue weighted by molar-refractivity contribution is -0.0406. The standard InChI is InChI=1S/C5H10N2O5/c6-11-4-3(9)2(1-8)10-5(4)12-7/h2-3,8-9H,1,6-7H2/t2-,3+/m1/s1. The lowest BCUT2D eigenvalue weighted by Gasteiger charge is -2.10. The lowest BCUT2D eigenvalue weighted by Crippen LogP contribution is -2.28. The maximum Gasteiger partial charge on any atom is 0.344 e. The van der Waals surface area contributed by atoms with Crippen molar-refractivity contribution in [3.63, 3.8) is 0 Å². The van der Waals surface area contributed by atoms with E-state index in [4.69, 9.17) is 21.6 Å². The first-order valence-corrected chi connectivity index (χ1v) is 3.17. The van der Waals surface area contributed by atoms with E-state index in [1.807, 2.05) is 0 Å². The molecule has 0 fully saturated rings. The van der Waals surface area contributed by atoms with Crippen molar-refractivity contribution >= 4 is 0 Å². The van der Waals surface area contributed by atoms with Gasteiger partial charge in [0.2, 0.25) is 5.76 Å². The second kappa shape index (κ2) is 3.59. The predicted octanol–water partition coefficient (Wildman–Crippen LogP) is -2.31. The molecule has 0 radical (unpaired) electrons. The van der Waals surface area contributed by atoms with E-state index in [-0.39, 0.29) is 18.3 Å². The first-order valence-electron chi connectivity index (χ1n) is 3.17. The maximum absolute atomic E-state index is 9.27. The van der Waals surface area contributed by atoms with Gasteiger partial charge in [-0.05, 0) is 0 Å². The molecule has 6 N–H and O–H groups in total. The first kappa shape index (κ1) is 9.07. The fraction of sp³-hybridized carbons (Fsp3) is 0.600. The van der Waals surface area contributed by atoms with Gasteiger partial charge in [0.15, 0.2) is 12.2 Å². The Morgan fingerprint density at radius 1 is 1.42 bits per heavy atom. The minimum Gasteiger partial charge on any atom is -0.453 e. The molecule has 1 aliphatic heterocycles. The molecule has 70 valence electrons. The average Bonchev–Trinajstić information content (AvgIpc) is 2.41. The molecule has 12 heavy (non-hydrogen) atoms. The fourth-order valence-corrected chi connectivity index (χ4v) is 0.890. The van der Waals surface area contributed by atoms with Gasteiger partial charge in [0.25, 0.3) is 0 Å². The zero-order valence-corrected chi connectivity index (χ0v) is 6.14. The highest BCUT2D eigenvalue weighted by atomic mass is 16.8. The van der Waals surface area contributed by atoms with Crippen molar-refractivity contribution in [2.45, 2.75) is 12.2 Å². The largest absolute Gasteiger partial charge is 0.453 e. The van der Waals surface area contributed by atoms with Crippen LogP contribution in [0.1, 0.15) is 0 Å². The summed E-state index contributed by atoms with van der Waals surface area (Å²) in [5, 5.41) is 17.9. The Hall–Kier alpha value is -1.02. The zero-order valence-electron chi connectivity index (χ0n) is 6.14. The minimum atomic E-state index is -1.15. The van der Waals surface area contributed by atoms with Crippen LogP contribution in [0.2, 0.25) is 0 Å². The molecule has 1 heterocycles. The van der Waals surface area contributed by atoms with Crippen molar-refractivity contribution in [2.24, 2.45) is 11.8 Å². The van der Waals surface area contributed by atoms with Gasteiger partial charge < -0.3 is 24.6 Å². The number of aliphatic hydroxyl groups is 2. The molecule has 0 aliphatic carbocycles. The molecule has 0 saturated carbocycles. The van der Waals surface area contributed by atoms with Gasteiger partial charge in [0.05, 0.1) is 6.61 Å². The summed E-state index contributed by atoms with van der Waals surface area (Å²) in [5.74, 6) is 9.21. The number of rotatable bonds is 3. The van der Waals surface area contributed by atoms with E-state index < -0.39 is 12.2 Å². The molecular weight excluding hydrogens is 168 g/mol. The van der Waals surface area contributed by atoms with Gasteiger partial charge in [0, 0.05) is 0 Å². The van der Waals surface area contributed by atoms with Gasteiger partial charge in [-0.2, -0.15) is 11.8 Å². The van der Waals surface area contributed by atoms with Crippen LogP contribution in [0.4, 0.5) is 0 Å². The summed E-state index contributed by atoms with van der Waals surface area (Å²) in [6.07, 6.45) is -2.00. The van der Waals surface area contributed by atoms with Crippen LogP contribution in [0, 0.1) is 0 Å². The Morgan fingerprint density at radius 3 is 2.42 bits per heavy atom. The number of nitrogens with two attached hydrogens (primary N) is 2. The van der Waals surface area contributed by atoms with Crippen LogP contribution in [-0.2, 0) is 14.4 Å². The fourth-order valence-electron chi connectivity index (χ4n) is 0.890. The van der Waals surface area contributed by atoms with Crippen LogP contribution < -0.4 is 11.8 Å². The number of hydrogen-bond acceptors (Lipinski definition) is 7. The first-order chi connectivity index (χ1) is 5.74. The van der Waals surface area contributed by atoms with E-state index in [9.17, 15) is 5.11 Å². The maximum atomic E-state index is 9.27. The molecule has 7 nitrogen and oxygen atoms in total. The number of hydrogen-bond donors (Lipinski definition) is 4. The Morgan fingerprint density at radius 2 is 2.08 bits per heavy atom. The van der Waals surface area contributed by atoms with Crippen LogP contribution in [0.3, 0.4) is 0 Å². The highest BCUT2D eigenvalue weighted by molar-refractivity contribution is 5.10. The molecule has 1 aliphatic rings. The van der Waals surface area contributed by atoms with Crippen LogP contribution in [-0.4, -0.2) is 29.0 Å². The Bertz CT molecular complexity index is 194. The van der Waals surface area contributed by atoms with E-state index in [0.717, 1.165) is 0 Å². The van der Waals surface area contributed by atoms with Crippen LogP contribution in [0.5, 0.6) is 0 Å². The summed E-state index contributed by atoms with van der Waals surface area (Å²) in [7, 11) is 0. The normalized spacial score (nSPS) is 28.7. The third-order valence-corrected chi connectivity index (χ3v) is 1.49. The van der Waals surface area contributed by atoms with Crippen molar-refractivity contribution < 1.29 is 24.6 Å². The Kier molecular flexibility index (Phi) is 2.71. The van der Waals surface area contributed by atoms with Gasteiger partial charge in [0.1, 0.15) is 0 Å². The minimum absolute atomic E-state index is 0.128. The highest BCUT2D eigenvalue weighted by Crippen LogP contribution is 2.24. The van der Waals surface area contributed by atoms with Crippen molar-refractivity contribution in [3.8, 4) is 0 Å². The van der Waals surface area contributed by atoms with Gasteiger partial charge in [-0.3, -0.25) is 0 Å². The SMILES string of the molecule is NOC1=C(ON)[C@@H](O)[C@@H](CO)O1. The van der Waals surface area contributed by atoms with E-state index in [1.54, 1.807) is 0 Å². The summed E-state index contributed by atoms with van der Waals surface area (Å²) in [6, 6.07) is 0. The van der Waals surface area contributed by atoms with Gasteiger partial charge >= 0.3 is 5.95 Å². The topological polar surface area (TPSA) is 120 Å². The van der Waals surface area contributed by atoms with E-state index >= 15 is 0 Å². The average molecular weight is 178 g/mol. The number of ether oxygens (including phenoxy) is 1. The summed E-state index contributed by atoms with van der Waals surface area (Å²) in [4.78, 5) is 8.45. The molecule has 2 atom stereocenters. The van der Waals surface area contributed by atoms with Crippen LogP contribution in [0.25, 0.3) is 0 Å². The molecule has 0 aromatic carbocycles. The second-order valence-corrected chi connectivity index (χ2v) is 2.17. The predicted molar refractivity (Wildman–Crippen MR) is 35.5 cm³/mol. The van der Waals surface area contributed by atoms with Crippen LogP contribution in [0.15, 0.2) is 11.7 Å². The Balaban J connectivity index is 2.74. The van der Waals surface area contributed by atoms with E-state index in [1.165, 1.54) is 0 Å². The Labute approximate surface area is 68.0 Å². The molecular formula is C5H10N2O5. The van der Waals surface area contributed by atoms with Crippen molar-refractivity contribution in [3.05, 3.63) is 11.7 Å². The third-order valence-electron chi connectivity index (χ3n) is 1.49. The van der Waals surface area contributed by atoms with Gasteiger partial charge in [-0.15, -0.1) is 0 Å². The number of aliphatic hydroxyl groups excluding tert-OH is 2. The molecule has 0 aromatic heterocycles. The van der Waals surface area contributed by atoms with Crippen LogP contribution >= 0.6 is 0 Å². The monoisotopic (exact) mass is 178 g/mol. The highest BCUT2D eigenvalue weighted by Gasteiger charge is 2.38. The van der Waals surface area contributed by atoms with Gasteiger partial charge in [-0.1, -0.05) is 0 Å². The van der Waals surface area contributed by atoms with Gasteiger partial charge in [-0.25, -0.2) is 0 Å². The summed E-state index contributed by atoms with van der Waals surface area (Å²) >= 11 is 0. The zero-order chi connectivity index (χ0) is 9.14. The molecule has 0 spiro atoms. The van der Waals surface area contributed by atoms with Crippen molar-refractivity contribution in [1.82, 2.24) is 0 Å². The second-order valence-electron chi connectivity index (χ2n) is 2.17. The molecule has 0 unspecified atom stereocenters. The van der Waals surface area contributed by atoms with E-state index in [2.05, 4.69) is 9.68 Å². The summed E-state index contributed by atoms with van der Waals surface area (Å²) in [6.45, 7) is -0.388. The smallest absolute Gasteiger partial charge is 0.344 e. The molecule has 0 bridgehead atoms. The third kappa shape index (κ3) is 1.30. The molecule has 7 heteroatoms. The summed E-state index contributed by atoms with van der Waals surface area (Å²) < 4.78 is 4.80. The lowest BCUT2D eigenvalue weighted by atomic mass is 10.2. The molecule has 1 rings (SSSR count). The quantitative estimate of drug-likeness (QED) is 0.358. The van der Waals surface area contributed by atoms with Crippen molar-refractivity contribution in [1.29, 1.82) is 0 Å². The summed E-state index contributed by atoms with van der Waals surface area (Å²) in [5.41, 5.74) is 0. The van der Waals surface area contributed by atoms with Crippen molar-refractivity contribution in [2.75, 3.05) is 6.61 Å². The van der Waals surface area contributed by atoms with E-state index in [0.29, 0.717) is 0 Å².